The minimum Gasteiger partial charge on any atom is -0.356 e. The second kappa shape index (κ2) is 8.16. The SMILES string of the molecule is CC(C)(C)C(=O)NCCCC(=O)N1C2CCNCC1CC2.Cl. The van der Waals surface area contributed by atoms with Crippen LogP contribution in [0.25, 0.3) is 0 Å². The van der Waals surface area contributed by atoms with Crippen molar-refractivity contribution < 1.29 is 9.59 Å². The smallest absolute Gasteiger partial charge is 0.225 e. The van der Waals surface area contributed by atoms with Crippen LogP contribution in [0, 0.1) is 5.41 Å². The molecule has 2 aliphatic rings. The van der Waals surface area contributed by atoms with Crippen molar-refractivity contribution in [3.63, 3.8) is 0 Å². The van der Waals surface area contributed by atoms with Crippen LogP contribution in [0.1, 0.15) is 52.9 Å². The average Bonchev–Trinajstić information content (AvgIpc) is 2.66. The highest BCUT2D eigenvalue weighted by molar-refractivity contribution is 5.85. The van der Waals surface area contributed by atoms with Crippen molar-refractivity contribution in [1.29, 1.82) is 0 Å². The molecule has 2 aliphatic heterocycles. The molecule has 0 saturated carbocycles. The predicted molar refractivity (Wildman–Crippen MR) is 90.1 cm³/mol. The van der Waals surface area contributed by atoms with Crippen LogP contribution in [0.2, 0.25) is 0 Å². The van der Waals surface area contributed by atoms with Crippen LogP contribution in [0.15, 0.2) is 0 Å². The third kappa shape index (κ3) is 4.85. The van der Waals surface area contributed by atoms with Crippen molar-refractivity contribution in [3.05, 3.63) is 0 Å². The molecule has 0 aromatic rings. The summed E-state index contributed by atoms with van der Waals surface area (Å²) in [5.74, 6) is 0.310. The van der Waals surface area contributed by atoms with E-state index in [1.54, 1.807) is 0 Å². The van der Waals surface area contributed by atoms with Gasteiger partial charge in [0.1, 0.15) is 0 Å². The Bertz CT molecular complexity index is 381. The molecular weight excluding hydrogens is 302 g/mol. The van der Waals surface area contributed by atoms with E-state index in [0.717, 1.165) is 38.8 Å². The van der Waals surface area contributed by atoms with Crippen molar-refractivity contribution in [2.75, 3.05) is 19.6 Å². The minimum absolute atomic E-state index is 0. The molecule has 0 aliphatic carbocycles. The Morgan fingerprint density at radius 1 is 1.18 bits per heavy atom. The van der Waals surface area contributed by atoms with E-state index in [9.17, 15) is 9.59 Å². The number of amides is 2. The molecule has 128 valence electrons. The van der Waals surface area contributed by atoms with Crippen LogP contribution in [0.4, 0.5) is 0 Å². The zero-order valence-electron chi connectivity index (χ0n) is 14.0. The van der Waals surface area contributed by atoms with Crippen LogP contribution in [-0.2, 0) is 9.59 Å². The zero-order chi connectivity index (χ0) is 15.5. The Balaban J connectivity index is 0.00000242. The number of halogens is 1. The van der Waals surface area contributed by atoms with Gasteiger partial charge in [-0.25, -0.2) is 0 Å². The van der Waals surface area contributed by atoms with Gasteiger partial charge in [-0.05, 0) is 32.2 Å². The molecule has 5 nitrogen and oxygen atoms in total. The highest BCUT2D eigenvalue weighted by atomic mass is 35.5. The van der Waals surface area contributed by atoms with Gasteiger partial charge in [-0.3, -0.25) is 9.59 Å². The van der Waals surface area contributed by atoms with Crippen molar-refractivity contribution in [2.24, 2.45) is 5.41 Å². The Hall–Kier alpha value is -0.810. The van der Waals surface area contributed by atoms with E-state index in [2.05, 4.69) is 15.5 Å². The highest BCUT2D eigenvalue weighted by Gasteiger charge is 2.37. The lowest BCUT2D eigenvalue weighted by Gasteiger charge is -2.28. The normalized spacial score (nSPS) is 24.4. The van der Waals surface area contributed by atoms with Crippen LogP contribution in [-0.4, -0.2) is 48.4 Å². The Morgan fingerprint density at radius 2 is 1.86 bits per heavy atom. The van der Waals surface area contributed by atoms with E-state index in [4.69, 9.17) is 0 Å². The average molecular weight is 332 g/mol. The first-order valence-electron chi connectivity index (χ1n) is 8.20. The number of carbonyl (C=O) groups is 2. The maximum absolute atomic E-state index is 12.4. The zero-order valence-corrected chi connectivity index (χ0v) is 14.8. The van der Waals surface area contributed by atoms with Crippen molar-refractivity contribution in [1.82, 2.24) is 15.5 Å². The number of nitrogens with one attached hydrogen (secondary N) is 2. The fourth-order valence-corrected chi connectivity index (χ4v) is 3.23. The topological polar surface area (TPSA) is 61.4 Å². The lowest BCUT2D eigenvalue weighted by atomic mass is 9.96. The summed E-state index contributed by atoms with van der Waals surface area (Å²) >= 11 is 0. The largest absolute Gasteiger partial charge is 0.356 e. The van der Waals surface area contributed by atoms with Gasteiger partial charge >= 0.3 is 0 Å². The summed E-state index contributed by atoms with van der Waals surface area (Å²) < 4.78 is 0. The van der Waals surface area contributed by atoms with Gasteiger partial charge in [0.2, 0.25) is 11.8 Å². The molecule has 2 atom stereocenters. The second-order valence-corrected chi connectivity index (χ2v) is 7.29. The van der Waals surface area contributed by atoms with Gasteiger partial charge in [0, 0.05) is 37.0 Å². The van der Waals surface area contributed by atoms with Crippen LogP contribution >= 0.6 is 12.4 Å². The van der Waals surface area contributed by atoms with Crippen LogP contribution < -0.4 is 10.6 Å². The lowest BCUT2D eigenvalue weighted by Crippen LogP contribution is -2.42. The molecule has 22 heavy (non-hydrogen) atoms. The van der Waals surface area contributed by atoms with Crippen molar-refractivity contribution >= 4 is 24.2 Å². The van der Waals surface area contributed by atoms with Gasteiger partial charge in [-0.2, -0.15) is 0 Å². The molecule has 2 rings (SSSR count). The van der Waals surface area contributed by atoms with Crippen LogP contribution in [0.5, 0.6) is 0 Å². The van der Waals surface area contributed by atoms with E-state index in [1.165, 1.54) is 0 Å². The summed E-state index contributed by atoms with van der Waals surface area (Å²) in [5, 5.41) is 6.32. The first kappa shape index (κ1) is 19.2. The van der Waals surface area contributed by atoms with Crippen LogP contribution in [0.3, 0.4) is 0 Å². The third-order valence-corrected chi connectivity index (χ3v) is 4.48. The molecule has 2 amide bonds. The number of fused-ring (bicyclic) bond motifs is 2. The molecule has 2 fully saturated rings. The molecule has 2 saturated heterocycles. The molecule has 0 spiro atoms. The van der Waals surface area contributed by atoms with Gasteiger partial charge in [0.25, 0.3) is 0 Å². The van der Waals surface area contributed by atoms with E-state index in [1.807, 2.05) is 20.8 Å². The van der Waals surface area contributed by atoms with Gasteiger partial charge in [0.05, 0.1) is 0 Å². The molecule has 0 radical (unpaired) electrons. The Labute approximate surface area is 140 Å². The summed E-state index contributed by atoms with van der Waals surface area (Å²) in [5.41, 5.74) is -0.362. The highest BCUT2D eigenvalue weighted by Crippen LogP contribution is 2.28. The maximum Gasteiger partial charge on any atom is 0.225 e. The Morgan fingerprint density at radius 3 is 2.55 bits per heavy atom. The number of nitrogens with zero attached hydrogens (tertiary/aromatic N) is 1. The van der Waals surface area contributed by atoms with E-state index in [0.29, 0.717) is 25.0 Å². The van der Waals surface area contributed by atoms with Gasteiger partial charge in [-0.15, -0.1) is 12.4 Å². The number of hydrogen-bond acceptors (Lipinski definition) is 3. The van der Waals surface area contributed by atoms with Gasteiger partial charge < -0.3 is 15.5 Å². The van der Waals surface area contributed by atoms with Gasteiger partial charge in [0.15, 0.2) is 0 Å². The molecule has 2 N–H and O–H groups in total. The van der Waals surface area contributed by atoms with Crippen molar-refractivity contribution in [3.8, 4) is 0 Å². The maximum atomic E-state index is 12.4. The number of hydrogen-bond donors (Lipinski definition) is 2. The van der Waals surface area contributed by atoms with E-state index < -0.39 is 0 Å². The summed E-state index contributed by atoms with van der Waals surface area (Å²) in [6, 6.07) is 0.816. The second-order valence-electron chi connectivity index (χ2n) is 7.29. The molecule has 6 heteroatoms. The molecule has 2 heterocycles. The molecule has 2 unspecified atom stereocenters. The van der Waals surface area contributed by atoms with Crippen molar-refractivity contribution in [2.45, 2.75) is 65.0 Å². The summed E-state index contributed by atoms with van der Waals surface area (Å²) in [6.07, 6.45) is 4.62. The standard InChI is InChI=1S/C16H29N3O2.ClH/c1-16(2,3)15(21)18-9-4-5-14(20)19-12-6-7-13(19)11-17-10-8-12;/h12-13,17H,4-11H2,1-3H3,(H,18,21);1H. The summed E-state index contributed by atoms with van der Waals surface area (Å²) in [4.78, 5) is 26.3. The first-order chi connectivity index (χ1) is 9.89. The Kier molecular flexibility index (Phi) is 7.13. The van der Waals surface area contributed by atoms with E-state index in [-0.39, 0.29) is 29.6 Å². The lowest BCUT2D eigenvalue weighted by molar-refractivity contribution is -0.134. The number of carbonyl (C=O) groups excluding carboxylic acids is 2. The quantitative estimate of drug-likeness (QED) is 0.771. The minimum atomic E-state index is -0.362. The first-order valence-corrected chi connectivity index (χ1v) is 8.20. The molecule has 0 aromatic heterocycles. The third-order valence-electron chi connectivity index (χ3n) is 4.48. The fourth-order valence-electron chi connectivity index (χ4n) is 3.23. The molecular formula is C16H30ClN3O2. The summed E-state index contributed by atoms with van der Waals surface area (Å²) in [6.45, 7) is 8.24. The monoisotopic (exact) mass is 331 g/mol. The number of rotatable bonds is 4. The predicted octanol–water partition coefficient (Wildman–Crippen LogP) is 1.70. The fraction of sp³-hybridized carbons (Fsp3) is 0.875. The van der Waals surface area contributed by atoms with Gasteiger partial charge in [-0.1, -0.05) is 20.8 Å². The molecule has 2 bridgehead atoms. The summed E-state index contributed by atoms with van der Waals surface area (Å²) in [7, 11) is 0. The molecule has 0 aromatic carbocycles. The van der Waals surface area contributed by atoms with E-state index >= 15 is 0 Å².